The number of rotatable bonds is 5. The smallest absolute Gasteiger partial charge is 0.272 e. The highest BCUT2D eigenvalue weighted by atomic mass is 16.5. The van der Waals surface area contributed by atoms with Gasteiger partial charge in [0.05, 0.1) is 12.8 Å². The molecular formula is C24H27N5O2. The highest BCUT2D eigenvalue weighted by Gasteiger charge is 2.28. The predicted octanol–water partition coefficient (Wildman–Crippen LogP) is 3.63. The summed E-state index contributed by atoms with van der Waals surface area (Å²) >= 11 is 0. The molecule has 1 fully saturated rings. The Morgan fingerprint density at radius 2 is 1.81 bits per heavy atom. The van der Waals surface area contributed by atoms with Crippen molar-refractivity contribution < 1.29 is 9.53 Å². The molecule has 7 nitrogen and oxygen atoms in total. The number of carbonyl (C=O) groups is 1. The molecule has 0 atom stereocenters. The van der Waals surface area contributed by atoms with Crippen LogP contribution in [-0.2, 0) is 0 Å². The van der Waals surface area contributed by atoms with Crippen molar-refractivity contribution in [1.82, 2.24) is 19.9 Å². The lowest BCUT2D eigenvalue weighted by atomic mass is 9.88. The van der Waals surface area contributed by atoms with E-state index in [1.165, 1.54) is 0 Å². The van der Waals surface area contributed by atoms with Crippen molar-refractivity contribution in [1.29, 1.82) is 0 Å². The molecule has 0 spiro atoms. The Hall–Kier alpha value is -3.48. The number of carbonyl (C=O) groups excluding carboxylic acids is 1. The molecule has 1 saturated heterocycles. The van der Waals surface area contributed by atoms with Gasteiger partial charge in [-0.05, 0) is 42.7 Å². The Bertz CT molecular complexity index is 1030. The van der Waals surface area contributed by atoms with E-state index in [1.807, 2.05) is 66.5 Å². The van der Waals surface area contributed by atoms with E-state index in [4.69, 9.17) is 9.72 Å². The third-order valence-corrected chi connectivity index (χ3v) is 5.66. The maximum absolute atomic E-state index is 12.8. The molecule has 3 aromatic rings. The number of aromatic nitrogens is 3. The van der Waals surface area contributed by atoms with Crippen LogP contribution in [0.3, 0.4) is 0 Å². The molecule has 1 amide bonds. The standard InChI is InChI=1S/C24H27N5O2/c1-28(2)24-26-16-20(17-7-9-19(31-3)10-8-17)22(27-24)18-11-14-29(15-12-18)23(30)21-6-4-5-13-25-21/h4-10,13,16,18H,11-12,14-15H2,1-3H3. The number of methoxy groups -OCH3 is 1. The van der Waals surface area contributed by atoms with Crippen LogP contribution >= 0.6 is 0 Å². The van der Waals surface area contributed by atoms with Gasteiger partial charge in [0.1, 0.15) is 11.4 Å². The van der Waals surface area contributed by atoms with Crippen LogP contribution in [0.2, 0.25) is 0 Å². The Morgan fingerprint density at radius 1 is 1.06 bits per heavy atom. The fourth-order valence-corrected chi connectivity index (χ4v) is 3.91. The summed E-state index contributed by atoms with van der Waals surface area (Å²) in [7, 11) is 5.55. The molecule has 0 radical (unpaired) electrons. The molecule has 160 valence electrons. The molecule has 0 saturated carbocycles. The lowest BCUT2D eigenvalue weighted by Crippen LogP contribution is -2.38. The zero-order valence-electron chi connectivity index (χ0n) is 18.2. The summed E-state index contributed by atoms with van der Waals surface area (Å²) in [6, 6.07) is 13.4. The van der Waals surface area contributed by atoms with Crippen LogP contribution in [0.25, 0.3) is 11.1 Å². The second-order valence-corrected chi connectivity index (χ2v) is 7.87. The first kappa shape index (κ1) is 20.8. The number of nitrogens with zero attached hydrogens (tertiary/aromatic N) is 5. The SMILES string of the molecule is COc1ccc(-c2cnc(N(C)C)nc2C2CCN(C(=O)c3ccccn3)CC2)cc1. The lowest BCUT2D eigenvalue weighted by molar-refractivity contribution is 0.0706. The average Bonchev–Trinajstić information content (AvgIpc) is 2.84. The lowest BCUT2D eigenvalue weighted by Gasteiger charge is -2.32. The summed E-state index contributed by atoms with van der Waals surface area (Å²) in [5, 5.41) is 0. The minimum atomic E-state index is -0.00824. The van der Waals surface area contributed by atoms with Gasteiger partial charge >= 0.3 is 0 Å². The number of piperidine rings is 1. The molecule has 3 heterocycles. The molecule has 1 aliphatic rings. The van der Waals surface area contributed by atoms with Crippen molar-refractivity contribution in [3.8, 4) is 16.9 Å². The first-order chi connectivity index (χ1) is 15.1. The Balaban J connectivity index is 1.58. The van der Waals surface area contributed by atoms with Crippen molar-refractivity contribution in [2.45, 2.75) is 18.8 Å². The summed E-state index contributed by atoms with van der Waals surface area (Å²) < 4.78 is 5.29. The van der Waals surface area contributed by atoms with Gasteiger partial charge in [0.25, 0.3) is 5.91 Å². The minimum absolute atomic E-state index is 0.00824. The average molecular weight is 418 g/mol. The van der Waals surface area contributed by atoms with Crippen LogP contribution in [0, 0.1) is 0 Å². The Morgan fingerprint density at radius 3 is 2.42 bits per heavy atom. The first-order valence-electron chi connectivity index (χ1n) is 10.5. The highest BCUT2D eigenvalue weighted by molar-refractivity contribution is 5.92. The minimum Gasteiger partial charge on any atom is -0.497 e. The molecule has 0 aliphatic carbocycles. The summed E-state index contributed by atoms with van der Waals surface area (Å²) in [5.74, 6) is 1.76. The van der Waals surface area contributed by atoms with Gasteiger partial charge in [-0.15, -0.1) is 0 Å². The van der Waals surface area contributed by atoms with Crippen LogP contribution in [0.4, 0.5) is 5.95 Å². The van der Waals surface area contributed by atoms with Gasteiger partial charge in [-0.1, -0.05) is 18.2 Å². The molecule has 4 rings (SSSR count). The zero-order valence-corrected chi connectivity index (χ0v) is 18.2. The van der Waals surface area contributed by atoms with Crippen LogP contribution in [0.1, 0.15) is 34.9 Å². The van der Waals surface area contributed by atoms with E-state index in [9.17, 15) is 4.79 Å². The largest absolute Gasteiger partial charge is 0.497 e. The van der Waals surface area contributed by atoms with Gasteiger partial charge in [0.15, 0.2) is 0 Å². The fourth-order valence-electron chi connectivity index (χ4n) is 3.91. The Kier molecular flexibility index (Phi) is 6.11. The third-order valence-electron chi connectivity index (χ3n) is 5.66. The van der Waals surface area contributed by atoms with Crippen molar-refractivity contribution in [3.63, 3.8) is 0 Å². The van der Waals surface area contributed by atoms with Crippen LogP contribution < -0.4 is 9.64 Å². The summed E-state index contributed by atoms with van der Waals surface area (Å²) in [4.78, 5) is 30.2. The van der Waals surface area contributed by atoms with Gasteiger partial charge in [-0.25, -0.2) is 9.97 Å². The van der Waals surface area contributed by atoms with E-state index in [-0.39, 0.29) is 11.8 Å². The maximum Gasteiger partial charge on any atom is 0.272 e. The van der Waals surface area contributed by atoms with E-state index in [0.29, 0.717) is 24.7 Å². The fraction of sp³-hybridized carbons (Fsp3) is 0.333. The van der Waals surface area contributed by atoms with Gasteiger partial charge in [0, 0.05) is 51.1 Å². The van der Waals surface area contributed by atoms with Gasteiger partial charge in [-0.3, -0.25) is 9.78 Å². The maximum atomic E-state index is 12.8. The molecule has 0 unspecified atom stereocenters. The molecule has 0 N–H and O–H groups in total. The molecule has 0 bridgehead atoms. The monoisotopic (exact) mass is 417 g/mol. The molecular weight excluding hydrogens is 390 g/mol. The summed E-state index contributed by atoms with van der Waals surface area (Å²) in [6.45, 7) is 1.37. The van der Waals surface area contributed by atoms with Crippen molar-refractivity contribution in [2.24, 2.45) is 0 Å². The number of amides is 1. The molecule has 1 aromatic carbocycles. The first-order valence-corrected chi connectivity index (χ1v) is 10.5. The van der Waals surface area contributed by atoms with Crippen LogP contribution in [0.15, 0.2) is 54.9 Å². The molecule has 1 aliphatic heterocycles. The number of benzene rings is 1. The van der Waals surface area contributed by atoms with E-state index in [0.717, 1.165) is 35.4 Å². The van der Waals surface area contributed by atoms with E-state index in [2.05, 4.69) is 9.97 Å². The quantitative estimate of drug-likeness (QED) is 0.631. The summed E-state index contributed by atoms with van der Waals surface area (Å²) in [6.07, 6.45) is 5.27. The van der Waals surface area contributed by atoms with Crippen LogP contribution in [-0.4, -0.2) is 60.1 Å². The number of hydrogen-bond donors (Lipinski definition) is 0. The second kappa shape index (κ2) is 9.12. The molecule has 31 heavy (non-hydrogen) atoms. The van der Waals surface area contributed by atoms with Crippen LogP contribution in [0.5, 0.6) is 5.75 Å². The third kappa shape index (κ3) is 4.50. The van der Waals surface area contributed by atoms with Crippen molar-refractivity contribution in [2.75, 3.05) is 39.2 Å². The second-order valence-electron chi connectivity index (χ2n) is 7.87. The highest BCUT2D eigenvalue weighted by Crippen LogP contribution is 2.35. The van der Waals surface area contributed by atoms with E-state index < -0.39 is 0 Å². The van der Waals surface area contributed by atoms with Gasteiger partial charge in [0.2, 0.25) is 5.95 Å². The topological polar surface area (TPSA) is 71.5 Å². The van der Waals surface area contributed by atoms with E-state index >= 15 is 0 Å². The van der Waals surface area contributed by atoms with Crippen molar-refractivity contribution >= 4 is 11.9 Å². The number of likely N-dealkylation sites (tertiary alicyclic amines) is 1. The number of ether oxygens (including phenoxy) is 1. The number of hydrogen-bond acceptors (Lipinski definition) is 6. The predicted molar refractivity (Wildman–Crippen MR) is 120 cm³/mol. The Labute approximate surface area is 182 Å². The summed E-state index contributed by atoms with van der Waals surface area (Å²) in [5.41, 5.74) is 3.63. The van der Waals surface area contributed by atoms with Crippen molar-refractivity contribution in [3.05, 3.63) is 66.2 Å². The van der Waals surface area contributed by atoms with Gasteiger partial charge < -0.3 is 14.5 Å². The molecule has 7 heteroatoms. The molecule has 2 aromatic heterocycles. The normalized spacial score (nSPS) is 14.4. The van der Waals surface area contributed by atoms with E-state index in [1.54, 1.807) is 19.4 Å². The number of pyridine rings is 1. The number of anilines is 1. The zero-order chi connectivity index (χ0) is 21.8. The van der Waals surface area contributed by atoms with Gasteiger partial charge in [-0.2, -0.15) is 0 Å².